The van der Waals surface area contributed by atoms with E-state index >= 15 is 0 Å². The molecule has 2 N–H and O–H groups in total. The van der Waals surface area contributed by atoms with Crippen LogP contribution in [-0.4, -0.2) is 36.8 Å². The molecular weight excluding hydrogens is 223 g/mol. The van der Waals surface area contributed by atoms with Crippen molar-refractivity contribution in [1.82, 2.24) is 9.97 Å². The molecule has 1 rings (SSSR count). The topological polar surface area (TPSA) is 59.1 Å². The predicted octanol–water partition coefficient (Wildman–Crippen LogP) is 1.89. The molecule has 0 fully saturated rings. The normalized spacial score (nSPS) is 10.3. The molecule has 96 valence electrons. The van der Waals surface area contributed by atoms with Crippen molar-refractivity contribution < 1.29 is 9.13 Å². The number of nitrogens with one attached hydrogen (secondary N) is 2. The molecule has 0 bridgehead atoms. The molecule has 0 radical (unpaired) electrons. The minimum atomic E-state index is -0.446. The van der Waals surface area contributed by atoms with E-state index in [0.29, 0.717) is 19.1 Å². The predicted molar refractivity (Wildman–Crippen MR) is 65.8 cm³/mol. The molecule has 0 spiro atoms. The molecule has 0 aliphatic heterocycles. The van der Waals surface area contributed by atoms with E-state index in [2.05, 4.69) is 27.5 Å². The summed E-state index contributed by atoms with van der Waals surface area (Å²) in [5.41, 5.74) is 0. The second-order valence-corrected chi connectivity index (χ2v) is 3.53. The van der Waals surface area contributed by atoms with Crippen LogP contribution in [0.4, 0.5) is 16.2 Å². The first kappa shape index (κ1) is 13.6. The molecule has 0 aliphatic rings. The third-order valence-corrected chi connectivity index (χ3v) is 2.07. The van der Waals surface area contributed by atoms with Gasteiger partial charge in [-0.05, 0) is 12.8 Å². The van der Waals surface area contributed by atoms with Gasteiger partial charge in [-0.2, -0.15) is 4.98 Å². The summed E-state index contributed by atoms with van der Waals surface area (Å²) in [4.78, 5) is 7.74. The molecule has 0 aromatic carbocycles. The van der Waals surface area contributed by atoms with Gasteiger partial charge in [0.1, 0.15) is 0 Å². The Balaban J connectivity index is 2.30. The van der Waals surface area contributed by atoms with Gasteiger partial charge < -0.3 is 15.4 Å². The fourth-order valence-electron chi connectivity index (χ4n) is 1.24. The van der Waals surface area contributed by atoms with Crippen LogP contribution in [0, 0.1) is 5.82 Å². The molecule has 0 saturated heterocycles. The van der Waals surface area contributed by atoms with E-state index in [1.54, 1.807) is 7.05 Å². The first-order valence-corrected chi connectivity index (χ1v) is 5.79. The zero-order chi connectivity index (χ0) is 12.5. The van der Waals surface area contributed by atoms with Gasteiger partial charge in [0.05, 0.1) is 6.20 Å². The van der Waals surface area contributed by atoms with Crippen LogP contribution in [-0.2, 0) is 4.74 Å². The van der Waals surface area contributed by atoms with Gasteiger partial charge in [0, 0.05) is 26.8 Å². The van der Waals surface area contributed by atoms with Gasteiger partial charge >= 0.3 is 0 Å². The number of hydrogen-bond acceptors (Lipinski definition) is 5. The molecule has 0 saturated carbocycles. The minimum Gasteiger partial charge on any atom is -0.381 e. The Morgan fingerprint density at radius 2 is 2.24 bits per heavy atom. The Morgan fingerprint density at radius 1 is 1.41 bits per heavy atom. The summed E-state index contributed by atoms with van der Waals surface area (Å²) < 4.78 is 18.6. The maximum atomic E-state index is 13.3. The number of nitrogens with zero attached hydrogens (tertiary/aromatic N) is 2. The summed E-state index contributed by atoms with van der Waals surface area (Å²) >= 11 is 0. The Bertz CT molecular complexity index is 335. The Hall–Kier alpha value is -1.43. The van der Waals surface area contributed by atoms with Gasteiger partial charge in [0.15, 0.2) is 11.6 Å². The van der Waals surface area contributed by atoms with E-state index in [-0.39, 0.29) is 5.82 Å². The molecule has 1 aromatic heterocycles. The van der Waals surface area contributed by atoms with E-state index in [1.807, 2.05) is 0 Å². The highest BCUT2D eigenvalue weighted by Crippen LogP contribution is 2.11. The van der Waals surface area contributed by atoms with Crippen LogP contribution in [0.5, 0.6) is 0 Å². The molecule has 1 aromatic rings. The smallest absolute Gasteiger partial charge is 0.224 e. The SMILES string of the molecule is CCCOCCCNc1nc(NC)ncc1F. The highest BCUT2D eigenvalue weighted by Gasteiger charge is 2.04. The van der Waals surface area contributed by atoms with Crippen molar-refractivity contribution in [3.8, 4) is 0 Å². The second-order valence-electron chi connectivity index (χ2n) is 3.53. The molecule has 17 heavy (non-hydrogen) atoms. The quantitative estimate of drug-likeness (QED) is 0.682. The lowest BCUT2D eigenvalue weighted by atomic mass is 10.4. The van der Waals surface area contributed by atoms with Crippen LogP contribution in [0.25, 0.3) is 0 Å². The standard InChI is InChI=1S/C11H19FN4O/c1-3-6-17-7-4-5-14-10-9(12)8-15-11(13-2)16-10/h8H,3-7H2,1-2H3,(H2,13,14,15,16). The molecule has 0 unspecified atom stereocenters. The molecule has 0 atom stereocenters. The van der Waals surface area contributed by atoms with Crippen molar-refractivity contribution in [2.75, 3.05) is 37.4 Å². The lowest BCUT2D eigenvalue weighted by Crippen LogP contribution is -2.10. The molecule has 1 heterocycles. The minimum absolute atomic E-state index is 0.222. The number of halogens is 1. The number of ether oxygens (including phenoxy) is 1. The van der Waals surface area contributed by atoms with E-state index in [1.165, 1.54) is 0 Å². The highest BCUT2D eigenvalue weighted by molar-refractivity contribution is 5.40. The largest absolute Gasteiger partial charge is 0.381 e. The summed E-state index contributed by atoms with van der Waals surface area (Å²) in [7, 11) is 1.69. The van der Waals surface area contributed by atoms with E-state index < -0.39 is 5.82 Å². The average molecular weight is 242 g/mol. The van der Waals surface area contributed by atoms with Crippen LogP contribution in [0.15, 0.2) is 6.20 Å². The lowest BCUT2D eigenvalue weighted by Gasteiger charge is -2.07. The molecule has 0 amide bonds. The van der Waals surface area contributed by atoms with E-state index in [9.17, 15) is 4.39 Å². The zero-order valence-electron chi connectivity index (χ0n) is 10.3. The number of anilines is 2. The molecule has 5 nitrogen and oxygen atoms in total. The van der Waals surface area contributed by atoms with Crippen LogP contribution in [0.3, 0.4) is 0 Å². The fourth-order valence-corrected chi connectivity index (χ4v) is 1.24. The van der Waals surface area contributed by atoms with Crippen molar-refractivity contribution >= 4 is 11.8 Å². The van der Waals surface area contributed by atoms with Crippen LogP contribution < -0.4 is 10.6 Å². The maximum absolute atomic E-state index is 13.3. The Morgan fingerprint density at radius 3 is 2.94 bits per heavy atom. The van der Waals surface area contributed by atoms with Gasteiger partial charge in [0.2, 0.25) is 5.95 Å². The third-order valence-electron chi connectivity index (χ3n) is 2.07. The van der Waals surface area contributed by atoms with Crippen LogP contribution >= 0.6 is 0 Å². The zero-order valence-corrected chi connectivity index (χ0v) is 10.3. The highest BCUT2D eigenvalue weighted by atomic mass is 19.1. The van der Waals surface area contributed by atoms with Crippen molar-refractivity contribution in [3.63, 3.8) is 0 Å². The molecule has 0 aliphatic carbocycles. The van der Waals surface area contributed by atoms with Crippen molar-refractivity contribution in [2.45, 2.75) is 19.8 Å². The van der Waals surface area contributed by atoms with E-state index in [4.69, 9.17) is 4.74 Å². The van der Waals surface area contributed by atoms with E-state index in [0.717, 1.165) is 25.6 Å². The second kappa shape index (κ2) is 7.78. The van der Waals surface area contributed by atoms with Crippen molar-refractivity contribution in [2.24, 2.45) is 0 Å². The average Bonchev–Trinajstić information content (AvgIpc) is 2.35. The first-order chi connectivity index (χ1) is 8.27. The van der Waals surface area contributed by atoms with Crippen molar-refractivity contribution in [3.05, 3.63) is 12.0 Å². The molecule has 6 heteroatoms. The van der Waals surface area contributed by atoms with Crippen LogP contribution in [0.1, 0.15) is 19.8 Å². The van der Waals surface area contributed by atoms with Gasteiger partial charge in [-0.25, -0.2) is 9.37 Å². The Labute approximate surface area is 101 Å². The van der Waals surface area contributed by atoms with Gasteiger partial charge in [0.25, 0.3) is 0 Å². The summed E-state index contributed by atoms with van der Waals surface area (Å²) in [6.45, 7) is 4.13. The van der Waals surface area contributed by atoms with Gasteiger partial charge in [-0.3, -0.25) is 0 Å². The number of aromatic nitrogens is 2. The number of rotatable bonds is 8. The lowest BCUT2D eigenvalue weighted by molar-refractivity contribution is 0.134. The number of hydrogen-bond donors (Lipinski definition) is 2. The monoisotopic (exact) mass is 242 g/mol. The summed E-state index contributed by atoms with van der Waals surface area (Å²) in [6, 6.07) is 0. The first-order valence-electron chi connectivity index (χ1n) is 5.79. The van der Waals surface area contributed by atoms with Crippen LogP contribution in [0.2, 0.25) is 0 Å². The fraction of sp³-hybridized carbons (Fsp3) is 0.636. The van der Waals surface area contributed by atoms with Crippen molar-refractivity contribution in [1.29, 1.82) is 0 Å². The third kappa shape index (κ3) is 4.95. The Kier molecular flexibility index (Phi) is 6.24. The van der Waals surface area contributed by atoms with Gasteiger partial charge in [-0.15, -0.1) is 0 Å². The molecular formula is C11H19FN4O. The summed E-state index contributed by atoms with van der Waals surface area (Å²) in [5, 5.41) is 5.68. The summed E-state index contributed by atoms with van der Waals surface area (Å²) in [5.74, 6) is 0.175. The maximum Gasteiger partial charge on any atom is 0.224 e. The van der Waals surface area contributed by atoms with Gasteiger partial charge in [-0.1, -0.05) is 6.92 Å². The summed E-state index contributed by atoms with van der Waals surface area (Å²) in [6.07, 6.45) is 2.98.